The Labute approximate surface area is 149 Å². The Balaban J connectivity index is 1.71. The van der Waals surface area contributed by atoms with Crippen molar-refractivity contribution in [3.8, 4) is 0 Å². The molecule has 124 valence electrons. The molecule has 0 saturated heterocycles. The van der Waals surface area contributed by atoms with Crippen molar-refractivity contribution in [2.75, 3.05) is 6.54 Å². The minimum Gasteiger partial charge on any atom is -0.350 e. The molecule has 3 rings (SSSR count). The average molecular weight is 358 g/mol. The van der Waals surface area contributed by atoms with Gasteiger partial charge in [-0.1, -0.05) is 12.1 Å². The van der Waals surface area contributed by atoms with Crippen LogP contribution in [0.5, 0.6) is 0 Å². The van der Waals surface area contributed by atoms with E-state index in [1.165, 1.54) is 4.88 Å². The number of carbonyl (C=O) groups is 1. The molecule has 24 heavy (non-hydrogen) atoms. The minimum absolute atomic E-state index is 0.0118. The van der Waals surface area contributed by atoms with Crippen LogP contribution in [0.4, 0.5) is 0 Å². The first kappa shape index (κ1) is 16.7. The molecule has 0 saturated carbocycles. The second-order valence-corrected chi connectivity index (χ2v) is 7.46. The molecule has 0 radical (unpaired) electrons. The Hall–Kier alpha value is -2.18. The lowest BCUT2D eigenvalue weighted by Crippen LogP contribution is -2.30. The van der Waals surface area contributed by atoms with Gasteiger partial charge >= 0.3 is 0 Å². The number of amides is 1. The molecule has 3 aromatic rings. The second kappa shape index (κ2) is 7.59. The van der Waals surface area contributed by atoms with E-state index < -0.39 is 0 Å². The Kier molecular flexibility index (Phi) is 5.27. The van der Waals surface area contributed by atoms with Gasteiger partial charge in [0.15, 0.2) is 0 Å². The largest absolute Gasteiger partial charge is 0.350 e. The van der Waals surface area contributed by atoms with Gasteiger partial charge in [0.1, 0.15) is 6.04 Å². The third kappa shape index (κ3) is 4.01. The SMILES string of the molecule is Cc1cc(C)n([C@H](CNC(=O)/C=C/c2cccs2)c2cccs2)n1. The third-order valence-electron chi connectivity index (χ3n) is 3.62. The van der Waals surface area contributed by atoms with Crippen molar-refractivity contribution in [2.24, 2.45) is 0 Å². The number of aromatic nitrogens is 2. The predicted octanol–water partition coefficient (Wildman–Crippen LogP) is 4.04. The lowest BCUT2D eigenvalue weighted by Gasteiger charge is -2.18. The van der Waals surface area contributed by atoms with Gasteiger partial charge in [0.25, 0.3) is 0 Å². The van der Waals surface area contributed by atoms with Crippen molar-refractivity contribution in [1.29, 1.82) is 0 Å². The fraction of sp³-hybridized carbons (Fsp3) is 0.222. The summed E-state index contributed by atoms with van der Waals surface area (Å²) in [6, 6.07) is 10.1. The molecule has 0 unspecified atom stereocenters. The molecule has 1 N–H and O–H groups in total. The van der Waals surface area contributed by atoms with Crippen LogP contribution in [0, 0.1) is 13.8 Å². The summed E-state index contributed by atoms with van der Waals surface area (Å²) >= 11 is 3.29. The van der Waals surface area contributed by atoms with E-state index in [1.54, 1.807) is 28.7 Å². The Morgan fingerprint density at radius 1 is 1.29 bits per heavy atom. The Morgan fingerprint density at radius 3 is 2.71 bits per heavy atom. The smallest absolute Gasteiger partial charge is 0.244 e. The highest BCUT2D eigenvalue weighted by atomic mass is 32.1. The van der Waals surface area contributed by atoms with E-state index in [2.05, 4.69) is 22.5 Å². The number of nitrogens with zero attached hydrogens (tertiary/aromatic N) is 2. The highest BCUT2D eigenvalue weighted by Crippen LogP contribution is 2.24. The first-order valence-corrected chi connectivity index (χ1v) is 9.45. The van der Waals surface area contributed by atoms with E-state index in [4.69, 9.17) is 0 Å². The molecule has 0 bridgehead atoms. The van der Waals surface area contributed by atoms with Crippen molar-refractivity contribution < 1.29 is 4.79 Å². The summed E-state index contributed by atoms with van der Waals surface area (Å²) in [5, 5.41) is 11.6. The second-order valence-electron chi connectivity index (χ2n) is 5.50. The van der Waals surface area contributed by atoms with Crippen LogP contribution >= 0.6 is 22.7 Å². The van der Waals surface area contributed by atoms with E-state index in [0.29, 0.717) is 6.54 Å². The highest BCUT2D eigenvalue weighted by Gasteiger charge is 2.18. The molecule has 0 aromatic carbocycles. The third-order valence-corrected chi connectivity index (χ3v) is 5.43. The van der Waals surface area contributed by atoms with Crippen LogP contribution in [0.1, 0.15) is 27.2 Å². The maximum Gasteiger partial charge on any atom is 0.244 e. The zero-order valence-corrected chi connectivity index (χ0v) is 15.2. The van der Waals surface area contributed by atoms with E-state index in [1.807, 2.05) is 53.6 Å². The van der Waals surface area contributed by atoms with Crippen LogP contribution in [0.15, 0.2) is 47.2 Å². The normalized spacial score (nSPS) is 12.6. The van der Waals surface area contributed by atoms with Crippen molar-refractivity contribution in [3.05, 3.63) is 68.3 Å². The van der Waals surface area contributed by atoms with Gasteiger partial charge in [-0.3, -0.25) is 9.48 Å². The summed E-state index contributed by atoms with van der Waals surface area (Å²) in [4.78, 5) is 14.4. The summed E-state index contributed by atoms with van der Waals surface area (Å²) in [6.45, 7) is 4.53. The van der Waals surface area contributed by atoms with Crippen molar-refractivity contribution >= 4 is 34.7 Å². The van der Waals surface area contributed by atoms with Gasteiger partial charge < -0.3 is 5.32 Å². The van der Waals surface area contributed by atoms with Gasteiger partial charge in [-0.15, -0.1) is 22.7 Å². The predicted molar refractivity (Wildman–Crippen MR) is 101 cm³/mol. The molecular formula is C18H19N3OS2. The maximum atomic E-state index is 12.1. The number of carbonyl (C=O) groups excluding carboxylic acids is 1. The van der Waals surface area contributed by atoms with Gasteiger partial charge in [-0.2, -0.15) is 5.10 Å². The van der Waals surface area contributed by atoms with Crippen molar-refractivity contribution in [3.63, 3.8) is 0 Å². The molecule has 1 atom stereocenters. The number of rotatable bonds is 6. The molecule has 0 aliphatic rings. The highest BCUT2D eigenvalue weighted by molar-refractivity contribution is 7.10. The topological polar surface area (TPSA) is 46.9 Å². The van der Waals surface area contributed by atoms with Gasteiger partial charge in [0.05, 0.1) is 5.69 Å². The summed E-state index contributed by atoms with van der Waals surface area (Å²) in [5.74, 6) is -0.0912. The van der Waals surface area contributed by atoms with E-state index >= 15 is 0 Å². The fourth-order valence-electron chi connectivity index (χ4n) is 2.55. The zero-order chi connectivity index (χ0) is 16.9. The maximum absolute atomic E-state index is 12.1. The van der Waals surface area contributed by atoms with Crippen LogP contribution in [-0.2, 0) is 4.79 Å². The first-order valence-electron chi connectivity index (χ1n) is 7.69. The molecular weight excluding hydrogens is 338 g/mol. The number of thiophene rings is 2. The van der Waals surface area contributed by atoms with E-state index in [9.17, 15) is 4.79 Å². The van der Waals surface area contributed by atoms with Crippen molar-refractivity contribution in [1.82, 2.24) is 15.1 Å². The summed E-state index contributed by atoms with van der Waals surface area (Å²) < 4.78 is 1.99. The molecule has 1 amide bonds. The van der Waals surface area contributed by atoms with Crippen LogP contribution in [0.2, 0.25) is 0 Å². The lowest BCUT2D eigenvalue weighted by atomic mass is 10.2. The molecule has 0 aliphatic heterocycles. The molecule has 6 heteroatoms. The molecule has 0 spiro atoms. The van der Waals surface area contributed by atoms with Gasteiger partial charge in [0, 0.05) is 28.1 Å². The standard InChI is InChI=1S/C18H19N3OS2/c1-13-11-14(2)21(20-13)16(17-6-4-10-24-17)12-19-18(22)8-7-15-5-3-9-23-15/h3-11,16H,12H2,1-2H3,(H,19,22)/b8-7+/t16-/m1/s1. The number of hydrogen-bond acceptors (Lipinski definition) is 4. The minimum atomic E-state index is -0.0912. The monoisotopic (exact) mass is 357 g/mol. The fourth-order valence-corrected chi connectivity index (χ4v) is 3.98. The van der Waals surface area contributed by atoms with Gasteiger partial charge in [-0.25, -0.2) is 0 Å². The lowest BCUT2D eigenvalue weighted by molar-refractivity contribution is -0.116. The van der Waals surface area contributed by atoms with Crippen molar-refractivity contribution in [2.45, 2.75) is 19.9 Å². The summed E-state index contributed by atoms with van der Waals surface area (Å²) in [7, 11) is 0. The Morgan fingerprint density at radius 2 is 2.08 bits per heavy atom. The molecule has 0 aliphatic carbocycles. The quantitative estimate of drug-likeness (QED) is 0.677. The average Bonchev–Trinajstić information content (AvgIpc) is 3.29. The zero-order valence-electron chi connectivity index (χ0n) is 13.6. The van der Waals surface area contributed by atoms with Crippen LogP contribution in [0.25, 0.3) is 6.08 Å². The van der Waals surface area contributed by atoms with Crippen LogP contribution < -0.4 is 5.32 Å². The van der Waals surface area contributed by atoms with E-state index in [0.717, 1.165) is 16.3 Å². The molecule has 0 fully saturated rings. The Bertz CT molecular complexity index is 817. The summed E-state index contributed by atoms with van der Waals surface area (Å²) in [5.41, 5.74) is 2.08. The molecule has 4 nitrogen and oxygen atoms in total. The van der Waals surface area contributed by atoms with Crippen LogP contribution in [0.3, 0.4) is 0 Å². The number of aryl methyl sites for hydroxylation is 2. The summed E-state index contributed by atoms with van der Waals surface area (Å²) in [6.07, 6.45) is 3.42. The molecule has 3 heterocycles. The number of nitrogens with one attached hydrogen (secondary N) is 1. The van der Waals surface area contributed by atoms with Gasteiger partial charge in [0.2, 0.25) is 5.91 Å². The molecule has 3 aromatic heterocycles. The van der Waals surface area contributed by atoms with E-state index in [-0.39, 0.29) is 11.9 Å². The van der Waals surface area contributed by atoms with Crippen LogP contribution in [-0.4, -0.2) is 22.2 Å². The van der Waals surface area contributed by atoms with Gasteiger partial charge in [-0.05, 0) is 48.9 Å². The first-order chi connectivity index (χ1) is 11.6. The number of hydrogen-bond donors (Lipinski definition) is 1.